The first-order chi connectivity index (χ1) is 7.24. The van der Waals surface area contributed by atoms with Crippen molar-refractivity contribution in [1.29, 1.82) is 0 Å². The van der Waals surface area contributed by atoms with Crippen molar-refractivity contribution in [3.63, 3.8) is 0 Å². The normalized spacial score (nSPS) is 8.93. The molecule has 15 heavy (non-hydrogen) atoms. The van der Waals surface area contributed by atoms with Gasteiger partial charge >= 0.3 is 5.97 Å². The number of halogens is 1. The Morgan fingerprint density at radius 2 is 2.00 bits per heavy atom. The number of hydrogen-bond donors (Lipinski definition) is 0. The summed E-state index contributed by atoms with van der Waals surface area (Å²) < 4.78 is 4.94. The van der Waals surface area contributed by atoms with Crippen molar-refractivity contribution < 1.29 is 9.53 Å². The standard InChI is InChI=1S/C12H11BrO2/c1-10-4-6-11(7-5-10)12(14)15-9-3-2-8-13/h4-7H,8-9H2,1H3. The molecule has 0 N–H and O–H groups in total. The van der Waals surface area contributed by atoms with Crippen molar-refractivity contribution in [2.24, 2.45) is 0 Å². The summed E-state index contributed by atoms with van der Waals surface area (Å²) in [6.07, 6.45) is 0. The molecule has 0 saturated heterocycles. The highest BCUT2D eigenvalue weighted by atomic mass is 79.9. The minimum absolute atomic E-state index is 0.137. The van der Waals surface area contributed by atoms with Gasteiger partial charge in [0.05, 0.1) is 10.9 Å². The van der Waals surface area contributed by atoms with Crippen LogP contribution in [0.15, 0.2) is 24.3 Å². The third-order valence-electron chi connectivity index (χ3n) is 1.75. The Hall–Kier alpha value is -1.27. The van der Waals surface area contributed by atoms with Gasteiger partial charge in [0.15, 0.2) is 6.61 Å². The van der Waals surface area contributed by atoms with Crippen LogP contribution in [0.1, 0.15) is 15.9 Å². The number of ether oxygens (including phenoxy) is 1. The Morgan fingerprint density at radius 3 is 2.60 bits per heavy atom. The Labute approximate surface area is 97.8 Å². The van der Waals surface area contributed by atoms with Gasteiger partial charge in [-0.2, -0.15) is 0 Å². The van der Waals surface area contributed by atoms with Crippen molar-refractivity contribution in [2.45, 2.75) is 6.92 Å². The monoisotopic (exact) mass is 266 g/mol. The molecule has 2 nitrogen and oxygen atoms in total. The van der Waals surface area contributed by atoms with Crippen LogP contribution < -0.4 is 0 Å². The summed E-state index contributed by atoms with van der Waals surface area (Å²) in [5.41, 5.74) is 1.67. The summed E-state index contributed by atoms with van der Waals surface area (Å²) in [7, 11) is 0. The van der Waals surface area contributed by atoms with Gasteiger partial charge in [0, 0.05) is 0 Å². The van der Waals surface area contributed by atoms with Crippen LogP contribution in [0, 0.1) is 18.8 Å². The van der Waals surface area contributed by atoms with E-state index in [1.807, 2.05) is 19.1 Å². The Bertz CT molecular complexity index is 384. The van der Waals surface area contributed by atoms with Gasteiger partial charge in [0.1, 0.15) is 0 Å². The second-order valence-electron chi connectivity index (χ2n) is 2.93. The highest BCUT2D eigenvalue weighted by Gasteiger charge is 2.04. The summed E-state index contributed by atoms with van der Waals surface area (Å²) in [6, 6.07) is 7.24. The van der Waals surface area contributed by atoms with Crippen LogP contribution in [0.3, 0.4) is 0 Å². The average molecular weight is 267 g/mol. The van der Waals surface area contributed by atoms with E-state index < -0.39 is 0 Å². The minimum Gasteiger partial charge on any atom is -0.449 e. The highest BCUT2D eigenvalue weighted by Crippen LogP contribution is 2.04. The molecule has 1 aromatic carbocycles. The molecule has 0 atom stereocenters. The first kappa shape index (κ1) is 11.8. The van der Waals surface area contributed by atoms with Crippen molar-refractivity contribution >= 4 is 21.9 Å². The lowest BCUT2D eigenvalue weighted by molar-refractivity contribution is 0.0556. The van der Waals surface area contributed by atoms with E-state index in [1.165, 1.54) is 0 Å². The van der Waals surface area contributed by atoms with Crippen molar-refractivity contribution in [2.75, 3.05) is 11.9 Å². The predicted molar refractivity (Wildman–Crippen MR) is 63.0 cm³/mol. The number of esters is 1. The van der Waals surface area contributed by atoms with E-state index in [4.69, 9.17) is 4.74 Å². The van der Waals surface area contributed by atoms with Crippen LogP contribution in [-0.2, 0) is 4.74 Å². The van der Waals surface area contributed by atoms with Gasteiger partial charge in [-0.15, -0.1) is 0 Å². The van der Waals surface area contributed by atoms with E-state index in [-0.39, 0.29) is 12.6 Å². The molecule has 0 aromatic heterocycles. The van der Waals surface area contributed by atoms with Gasteiger partial charge in [0.25, 0.3) is 0 Å². The predicted octanol–water partition coefficient (Wildman–Crippen LogP) is 2.55. The van der Waals surface area contributed by atoms with Crippen LogP contribution in [0.25, 0.3) is 0 Å². The molecule has 1 rings (SSSR count). The number of aryl methyl sites for hydroxylation is 1. The zero-order valence-corrected chi connectivity index (χ0v) is 10.0. The molecular weight excluding hydrogens is 256 g/mol. The zero-order valence-electron chi connectivity index (χ0n) is 8.42. The van der Waals surface area contributed by atoms with Crippen LogP contribution in [0.4, 0.5) is 0 Å². The Kier molecular flexibility index (Phi) is 4.92. The molecule has 0 spiro atoms. The molecular formula is C12H11BrO2. The smallest absolute Gasteiger partial charge is 0.339 e. The number of rotatable bonds is 2. The van der Waals surface area contributed by atoms with Gasteiger partial charge in [0.2, 0.25) is 0 Å². The fraction of sp³-hybridized carbons (Fsp3) is 0.250. The van der Waals surface area contributed by atoms with E-state index >= 15 is 0 Å². The first-order valence-electron chi connectivity index (χ1n) is 4.49. The lowest BCUT2D eigenvalue weighted by Gasteiger charge is -2.00. The maximum absolute atomic E-state index is 11.4. The lowest BCUT2D eigenvalue weighted by atomic mass is 10.1. The van der Waals surface area contributed by atoms with Gasteiger partial charge < -0.3 is 4.74 Å². The van der Waals surface area contributed by atoms with Crippen LogP contribution in [-0.4, -0.2) is 17.9 Å². The van der Waals surface area contributed by atoms with Gasteiger partial charge in [-0.1, -0.05) is 45.5 Å². The summed E-state index contributed by atoms with van der Waals surface area (Å²) >= 11 is 3.16. The molecule has 0 heterocycles. The second-order valence-corrected chi connectivity index (χ2v) is 3.49. The molecule has 0 aliphatic rings. The van der Waals surface area contributed by atoms with E-state index in [0.29, 0.717) is 10.9 Å². The summed E-state index contributed by atoms with van der Waals surface area (Å²) in [4.78, 5) is 11.4. The molecule has 0 aliphatic carbocycles. The summed E-state index contributed by atoms with van der Waals surface area (Å²) in [6.45, 7) is 2.11. The molecule has 78 valence electrons. The third kappa shape index (κ3) is 4.18. The van der Waals surface area contributed by atoms with Crippen LogP contribution in [0.2, 0.25) is 0 Å². The number of hydrogen-bond acceptors (Lipinski definition) is 2. The molecule has 0 fully saturated rings. The van der Waals surface area contributed by atoms with E-state index in [0.717, 1.165) is 5.56 Å². The Morgan fingerprint density at radius 1 is 1.33 bits per heavy atom. The van der Waals surface area contributed by atoms with Gasteiger partial charge in [-0.3, -0.25) is 0 Å². The lowest BCUT2D eigenvalue weighted by Crippen LogP contribution is -2.05. The fourth-order valence-electron chi connectivity index (χ4n) is 0.973. The average Bonchev–Trinajstić information content (AvgIpc) is 2.25. The molecule has 0 radical (unpaired) electrons. The number of benzene rings is 1. The van der Waals surface area contributed by atoms with Crippen LogP contribution >= 0.6 is 15.9 Å². The third-order valence-corrected chi connectivity index (χ3v) is 2.03. The molecule has 0 unspecified atom stereocenters. The molecule has 0 amide bonds. The summed E-state index contributed by atoms with van der Waals surface area (Å²) in [5.74, 6) is 5.13. The second kappa shape index (κ2) is 6.26. The quantitative estimate of drug-likeness (QED) is 0.467. The number of alkyl halides is 1. The first-order valence-corrected chi connectivity index (χ1v) is 5.61. The van der Waals surface area contributed by atoms with Crippen molar-refractivity contribution in [3.05, 3.63) is 35.4 Å². The van der Waals surface area contributed by atoms with Gasteiger partial charge in [-0.05, 0) is 19.1 Å². The van der Waals surface area contributed by atoms with Gasteiger partial charge in [-0.25, -0.2) is 4.79 Å². The molecule has 0 saturated carbocycles. The zero-order chi connectivity index (χ0) is 11.1. The molecule has 3 heteroatoms. The topological polar surface area (TPSA) is 26.3 Å². The minimum atomic E-state index is -0.334. The van der Waals surface area contributed by atoms with Crippen LogP contribution in [0.5, 0.6) is 0 Å². The Balaban J connectivity index is 2.50. The van der Waals surface area contributed by atoms with E-state index in [1.54, 1.807) is 12.1 Å². The van der Waals surface area contributed by atoms with E-state index in [9.17, 15) is 4.79 Å². The summed E-state index contributed by atoms with van der Waals surface area (Å²) in [5, 5.41) is 0.592. The molecule has 0 aliphatic heterocycles. The number of carbonyl (C=O) groups is 1. The number of carbonyl (C=O) groups excluding carboxylic acids is 1. The SMILES string of the molecule is Cc1ccc(C(=O)OCC#CCBr)cc1. The van der Waals surface area contributed by atoms with E-state index in [2.05, 4.69) is 27.8 Å². The van der Waals surface area contributed by atoms with Crippen molar-refractivity contribution in [3.8, 4) is 11.8 Å². The maximum Gasteiger partial charge on any atom is 0.339 e. The van der Waals surface area contributed by atoms with Crippen molar-refractivity contribution in [1.82, 2.24) is 0 Å². The molecule has 0 bridgehead atoms. The largest absolute Gasteiger partial charge is 0.449 e. The highest BCUT2D eigenvalue weighted by molar-refractivity contribution is 9.09. The molecule has 1 aromatic rings. The fourth-order valence-corrected chi connectivity index (χ4v) is 1.17. The maximum atomic E-state index is 11.4.